The standard InChI is InChI=1S/2C17H15O2.C6H14Si.2CH3.Hf/c2*1-18-14-9-13(10-15(11-14)19-2)17-8-4-6-12-5-3-7-16(12)17;1-5(2)7-6(3)4;;;/h2*3-11H,1-2H3;5-6H,1-4H3;2*1H3;. The monoisotopic (exact) mass is 826 g/mol. The molecule has 4 nitrogen and oxygen atoms in total. The Morgan fingerprint density at radius 1 is 0.542 bits per heavy atom. The molecule has 2 aliphatic rings. The van der Waals surface area contributed by atoms with Crippen LogP contribution in [0.3, 0.4) is 0 Å². The summed E-state index contributed by atoms with van der Waals surface area (Å²) in [5.41, 5.74) is 10.9. The number of allylic oxidation sites excluding steroid dienone is 2. The maximum atomic E-state index is 5.68. The molecule has 0 spiro atoms. The van der Waals surface area contributed by atoms with Gasteiger partial charge in [-0.2, -0.15) is 0 Å². The topological polar surface area (TPSA) is 36.9 Å². The van der Waals surface area contributed by atoms with Crippen LogP contribution in [0.1, 0.15) is 57.3 Å². The van der Waals surface area contributed by atoms with Gasteiger partial charge in [0, 0.05) is 0 Å². The summed E-state index contributed by atoms with van der Waals surface area (Å²) in [5, 5.41) is 0. The molecule has 2 aliphatic carbocycles. The van der Waals surface area contributed by atoms with E-state index in [4.69, 9.17) is 18.9 Å². The van der Waals surface area contributed by atoms with E-state index < -0.39 is 22.6 Å². The second kappa shape index (κ2) is 13.2. The molecule has 48 heavy (non-hydrogen) atoms. The number of rotatable bonds is 10. The second-order valence-corrected chi connectivity index (χ2v) is 60.4. The Balaban J connectivity index is 1.58. The zero-order valence-electron chi connectivity index (χ0n) is 30.2. The summed E-state index contributed by atoms with van der Waals surface area (Å²) in [5.74, 6) is 3.22. The minimum atomic E-state index is -4.11. The van der Waals surface area contributed by atoms with Crippen molar-refractivity contribution in [2.75, 3.05) is 28.4 Å². The quantitative estimate of drug-likeness (QED) is 0.149. The fourth-order valence-corrected chi connectivity index (χ4v) is 81.5. The van der Waals surface area contributed by atoms with Gasteiger partial charge < -0.3 is 0 Å². The molecule has 250 valence electrons. The first-order valence-electron chi connectivity index (χ1n) is 17.1. The predicted octanol–water partition coefficient (Wildman–Crippen LogP) is 11.5. The van der Waals surface area contributed by atoms with Crippen molar-refractivity contribution in [3.05, 3.63) is 107 Å². The van der Waals surface area contributed by atoms with Gasteiger partial charge in [0.05, 0.1) is 0 Å². The molecule has 0 aromatic heterocycles. The van der Waals surface area contributed by atoms with Crippen LogP contribution in [0.4, 0.5) is 0 Å². The van der Waals surface area contributed by atoms with Crippen LogP contribution < -0.4 is 18.9 Å². The molecule has 0 aliphatic heterocycles. The summed E-state index contributed by atoms with van der Waals surface area (Å²) in [6, 6.07) is 26.3. The van der Waals surface area contributed by atoms with Crippen molar-refractivity contribution in [2.45, 2.75) is 55.5 Å². The van der Waals surface area contributed by atoms with Crippen LogP contribution in [-0.4, -0.2) is 33.9 Å². The summed E-state index contributed by atoms with van der Waals surface area (Å²) >= 11 is -4.11. The van der Waals surface area contributed by atoms with Gasteiger partial charge in [-0.3, -0.25) is 0 Å². The summed E-state index contributed by atoms with van der Waals surface area (Å²) in [7, 11) is 6.87. The summed E-state index contributed by atoms with van der Waals surface area (Å²) in [6.07, 6.45) is 10.1. The summed E-state index contributed by atoms with van der Waals surface area (Å²) < 4.78 is 29.2. The van der Waals surface area contributed by atoms with E-state index in [2.05, 4.69) is 122 Å². The van der Waals surface area contributed by atoms with E-state index in [9.17, 15) is 0 Å². The number of benzene rings is 4. The van der Waals surface area contributed by atoms with Crippen LogP contribution in [0.15, 0.2) is 84.9 Å². The Hall–Kier alpha value is -3.35. The zero-order valence-corrected chi connectivity index (χ0v) is 34.8. The summed E-state index contributed by atoms with van der Waals surface area (Å²) in [4.78, 5) is 0. The van der Waals surface area contributed by atoms with Crippen molar-refractivity contribution in [2.24, 2.45) is 0 Å². The normalized spacial score (nSPS) is 16.7. The first-order chi connectivity index (χ1) is 22.9. The molecule has 0 heterocycles. The molecule has 2 atom stereocenters. The van der Waals surface area contributed by atoms with Crippen molar-refractivity contribution in [3.8, 4) is 45.3 Å². The molecule has 6 heteroatoms. The Kier molecular flexibility index (Phi) is 9.47. The Labute approximate surface area is 288 Å². The van der Waals surface area contributed by atoms with E-state index in [1.807, 2.05) is 12.1 Å². The van der Waals surface area contributed by atoms with Gasteiger partial charge in [0.1, 0.15) is 0 Å². The molecule has 2 unspecified atom stereocenters. The Bertz CT molecular complexity index is 1830. The van der Waals surface area contributed by atoms with Crippen molar-refractivity contribution in [1.29, 1.82) is 0 Å². The number of hydrogen-bond donors (Lipinski definition) is 0. The number of methoxy groups -OCH3 is 4. The molecule has 0 radical (unpaired) electrons. The molecule has 0 saturated heterocycles. The van der Waals surface area contributed by atoms with Crippen molar-refractivity contribution < 1.29 is 36.1 Å². The van der Waals surface area contributed by atoms with Crippen LogP contribution in [0.5, 0.6) is 23.0 Å². The van der Waals surface area contributed by atoms with Crippen LogP contribution >= 0.6 is 0 Å². The van der Waals surface area contributed by atoms with Gasteiger partial charge in [-0.05, 0) is 0 Å². The molecule has 0 bridgehead atoms. The molecule has 6 rings (SSSR count). The van der Waals surface area contributed by atoms with Crippen LogP contribution in [0, 0.1) is 0 Å². The molecule has 0 N–H and O–H groups in total. The van der Waals surface area contributed by atoms with E-state index in [0.717, 1.165) is 34.1 Å². The van der Waals surface area contributed by atoms with Gasteiger partial charge in [0.15, 0.2) is 0 Å². The number of hydrogen-bond acceptors (Lipinski definition) is 4. The fourth-order valence-electron chi connectivity index (χ4n) is 9.69. The van der Waals surface area contributed by atoms with Crippen molar-refractivity contribution in [1.82, 2.24) is 0 Å². The number of fused-ring (bicyclic) bond motifs is 2. The average Bonchev–Trinajstić information content (AvgIpc) is 3.73. The van der Waals surface area contributed by atoms with Crippen LogP contribution in [0.2, 0.25) is 20.4 Å². The average molecular weight is 825 g/mol. The predicted molar refractivity (Wildman–Crippen MR) is 201 cm³/mol. The van der Waals surface area contributed by atoms with Crippen molar-refractivity contribution in [3.63, 3.8) is 0 Å². The first kappa shape index (κ1) is 34.5. The Morgan fingerprint density at radius 2 is 0.896 bits per heavy atom. The molecule has 0 amide bonds. The van der Waals surface area contributed by atoms with Gasteiger partial charge in [-0.15, -0.1) is 0 Å². The van der Waals surface area contributed by atoms with E-state index in [-0.39, 0.29) is 0 Å². The van der Waals surface area contributed by atoms with Gasteiger partial charge in [0.25, 0.3) is 0 Å². The SMILES string of the molecule is COc1cc(OC)cc(-c2cccc3c2C=C[CH]3[Hf]([CH3])([CH3])([CH]2C=Cc3c(-c4cc(OC)cc(OC)c4)cccc32)=[Si](C(C)C)C(C)C)c1. The zero-order chi connectivity index (χ0) is 34.4. The molecular weight excluding hydrogens is 775 g/mol. The van der Waals surface area contributed by atoms with Gasteiger partial charge in [-0.1, -0.05) is 0 Å². The van der Waals surface area contributed by atoms with Gasteiger partial charge in [-0.25, -0.2) is 0 Å². The van der Waals surface area contributed by atoms with Crippen LogP contribution in [0.25, 0.3) is 34.4 Å². The first-order valence-corrected chi connectivity index (χ1v) is 35.5. The summed E-state index contributed by atoms with van der Waals surface area (Å²) in [6.45, 7) is 10.0. The third kappa shape index (κ3) is 5.63. The van der Waals surface area contributed by atoms with E-state index >= 15 is 0 Å². The number of ether oxygens (including phenoxy) is 4. The fraction of sp³-hybridized carbons (Fsp3) is 0.333. The third-order valence-electron chi connectivity index (χ3n) is 11.3. The maximum absolute atomic E-state index is 5.68. The molecule has 0 saturated carbocycles. The van der Waals surface area contributed by atoms with E-state index in [1.54, 1.807) is 28.4 Å². The molecule has 4 aromatic carbocycles. The van der Waals surface area contributed by atoms with Crippen LogP contribution in [-0.2, 0) is 17.1 Å². The molecule has 4 aromatic rings. The van der Waals surface area contributed by atoms with Gasteiger partial charge in [0.2, 0.25) is 0 Å². The second-order valence-electron chi connectivity index (χ2n) is 14.9. The minimum absolute atomic E-state index is 0.435. The van der Waals surface area contributed by atoms with Crippen molar-refractivity contribution >= 4 is 17.6 Å². The Morgan fingerprint density at radius 3 is 1.21 bits per heavy atom. The van der Waals surface area contributed by atoms with E-state index in [1.165, 1.54) is 33.4 Å². The molecular formula is C42H50HfO4Si. The van der Waals surface area contributed by atoms with E-state index in [0.29, 0.717) is 18.4 Å². The molecule has 0 fully saturated rings. The third-order valence-corrected chi connectivity index (χ3v) is 70.1. The van der Waals surface area contributed by atoms with Gasteiger partial charge >= 0.3 is 290 Å².